The van der Waals surface area contributed by atoms with E-state index in [0.717, 1.165) is 6.54 Å². The van der Waals surface area contributed by atoms with Crippen LogP contribution in [0, 0.1) is 16.0 Å². The van der Waals surface area contributed by atoms with Crippen molar-refractivity contribution in [2.45, 2.75) is 32.1 Å². The zero-order valence-corrected chi connectivity index (χ0v) is 11.2. The van der Waals surface area contributed by atoms with E-state index in [0.29, 0.717) is 23.0 Å². The topological polar surface area (TPSA) is 81.2 Å². The number of hydrogen-bond acceptors (Lipinski definition) is 5. The molecule has 20 heavy (non-hydrogen) atoms. The van der Waals surface area contributed by atoms with Crippen molar-refractivity contribution in [3.63, 3.8) is 0 Å². The number of aromatic nitrogens is 1. The summed E-state index contributed by atoms with van der Waals surface area (Å²) >= 11 is 0. The van der Waals surface area contributed by atoms with E-state index in [1.165, 1.54) is 44.2 Å². The highest BCUT2D eigenvalue weighted by Crippen LogP contribution is 2.26. The average Bonchev–Trinajstić information content (AvgIpc) is 2.88. The predicted molar refractivity (Wildman–Crippen MR) is 75.7 cm³/mol. The lowest BCUT2D eigenvalue weighted by molar-refractivity contribution is -0.384. The summed E-state index contributed by atoms with van der Waals surface area (Å²) in [6, 6.07) is 4.91. The van der Waals surface area contributed by atoms with Gasteiger partial charge in [-0.25, -0.2) is 0 Å². The van der Waals surface area contributed by atoms with Crippen molar-refractivity contribution in [1.29, 1.82) is 0 Å². The lowest BCUT2D eigenvalue weighted by Gasteiger charge is -2.21. The van der Waals surface area contributed by atoms with Crippen molar-refractivity contribution in [1.82, 2.24) is 4.98 Å². The normalized spacial score (nSPS) is 16.4. The second-order valence-corrected chi connectivity index (χ2v) is 5.31. The summed E-state index contributed by atoms with van der Waals surface area (Å²) in [4.78, 5) is 14.6. The third-order valence-electron chi connectivity index (χ3n) is 3.85. The Morgan fingerprint density at radius 3 is 2.90 bits per heavy atom. The molecular formula is C14H17N3O3. The second-order valence-electron chi connectivity index (χ2n) is 5.31. The number of nitro benzene ring substituents is 1. The van der Waals surface area contributed by atoms with E-state index in [4.69, 9.17) is 4.42 Å². The molecule has 2 aromatic rings. The first-order valence-corrected chi connectivity index (χ1v) is 7.01. The number of nitro groups is 1. The number of non-ortho nitro benzene ring substituents is 1. The Morgan fingerprint density at radius 1 is 1.35 bits per heavy atom. The van der Waals surface area contributed by atoms with Crippen LogP contribution in [0.4, 0.5) is 11.7 Å². The van der Waals surface area contributed by atoms with Gasteiger partial charge >= 0.3 is 0 Å². The third-order valence-corrected chi connectivity index (χ3v) is 3.85. The van der Waals surface area contributed by atoms with E-state index in [-0.39, 0.29) is 5.69 Å². The highest BCUT2D eigenvalue weighted by Gasteiger charge is 2.15. The van der Waals surface area contributed by atoms with Crippen LogP contribution in [-0.2, 0) is 0 Å². The third kappa shape index (κ3) is 2.74. The van der Waals surface area contributed by atoms with Crippen LogP contribution in [-0.4, -0.2) is 16.5 Å². The molecule has 1 aromatic carbocycles. The summed E-state index contributed by atoms with van der Waals surface area (Å²) in [6.07, 6.45) is 6.43. The first-order chi connectivity index (χ1) is 9.72. The zero-order valence-electron chi connectivity index (χ0n) is 11.2. The highest BCUT2D eigenvalue weighted by molar-refractivity contribution is 5.77. The van der Waals surface area contributed by atoms with Crippen LogP contribution in [0.2, 0.25) is 0 Å². The number of nitrogens with one attached hydrogen (secondary N) is 1. The van der Waals surface area contributed by atoms with E-state index in [1.54, 1.807) is 6.07 Å². The quantitative estimate of drug-likeness (QED) is 0.679. The Morgan fingerprint density at radius 2 is 2.15 bits per heavy atom. The number of anilines is 1. The average molecular weight is 275 g/mol. The Hall–Kier alpha value is -2.11. The summed E-state index contributed by atoms with van der Waals surface area (Å²) in [7, 11) is 0. The van der Waals surface area contributed by atoms with Gasteiger partial charge in [-0.2, -0.15) is 4.98 Å². The molecule has 1 aliphatic carbocycles. The molecule has 1 saturated carbocycles. The van der Waals surface area contributed by atoms with Gasteiger partial charge in [0.1, 0.15) is 5.52 Å². The van der Waals surface area contributed by atoms with Crippen LogP contribution < -0.4 is 5.32 Å². The van der Waals surface area contributed by atoms with E-state index >= 15 is 0 Å². The van der Waals surface area contributed by atoms with E-state index in [2.05, 4.69) is 10.3 Å². The van der Waals surface area contributed by atoms with Crippen molar-refractivity contribution in [3.05, 3.63) is 28.3 Å². The van der Waals surface area contributed by atoms with E-state index in [9.17, 15) is 10.1 Å². The number of benzene rings is 1. The zero-order chi connectivity index (χ0) is 13.9. The van der Waals surface area contributed by atoms with Crippen molar-refractivity contribution in [3.8, 4) is 0 Å². The maximum atomic E-state index is 10.7. The number of oxazole rings is 1. The smallest absolute Gasteiger partial charge is 0.295 e. The lowest BCUT2D eigenvalue weighted by Crippen LogP contribution is -2.17. The van der Waals surface area contributed by atoms with Crippen LogP contribution >= 0.6 is 0 Å². The highest BCUT2D eigenvalue weighted by atomic mass is 16.6. The Bertz CT molecular complexity index is 617. The fourth-order valence-corrected chi connectivity index (χ4v) is 2.73. The molecule has 0 radical (unpaired) electrons. The largest absolute Gasteiger partial charge is 0.423 e. The number of hydrogen-bond donors (Lipinski definition) is 1. The van der Waals surface area contributed by atoms with Crippen molar-refractivity contribution < 1.29 is 9.34 Å². The van der Waals surface area contributed by atoms with E-state index < -0.39 is 4.92 Å². The van der Waals surface area contributed by atoms with Gasteiger partial charge in [0.25, 0.3) is 11.7 Å². The van der Waals surface area contributed by atoms with Gasteiger partial charge in [0.2, 0.25) is 0 Å². The van der Waals surface area contributed by atoms with Crippen LogP contribution in [0.15, 0.2) is 22.6 Å². The molecule has 1 aliphatic rings. The molecule has 0 saturated heterocycles. The monoisotopic (exact) mass is 275 g/mol. The van der Waals surface area contributed by atoms with Gasteiger partial charge in [-0.15, -0.1) is 0 Å². The van der Waals surface area contributed by atoms with Crippen molar-refractivity contribution >= 4 is 22.8 Å². The summed E-state index contributed by atoms with van der Waals surface area (Å²) in [5.41, 5.74) is 1.11. The summed E-state index contributed by atoms with van der Waals surface area (Å²) in [5.74, 6) is 0.674. The molecule has 0 spiro atoms. The standard InChI is InChI=1S/C14H17N3O3/c18-17(19)11-6-7-12-13(8-11)20-14(16-12)15-9-10-4-2-1-3-5-10/h6-8,10H,1-5,9H2,(H,15,16). The minimum Gasteiger partial charge on any atom is -0.423 e. The van der Waals surface area contributed by atoms with Gasteiger partial charge in [-0.05, 0) is 24.8 Å². The molecule has 1 fully saturated rings. The fourth-order valence-electron chi connectivity index (χ4n) is 2.73. The Balaban J connectivity index is 1.70. The maximum absolute atomic E-state index is 10.7. The molecule has 0 atom stereocenters. The minimum atomic E-state index is -0.433. The second kappa shape index (κ2) is 5.48. The van der Waals surface area contributed by atoms with Gasteiger partial charge in [-0.1, -0.05) is 19.3 Å². The van der Waals surface area contributed by atoms with Crippen LogP contribution in [0.3, 0.4) is 0 Å². The molecule has 6 nitrogen and oxygen atoms in total. The first-order valence-electron chi connectivity index (χ1n) is 7.01. The molecule has 6 heteroatoms. The van der Waals surface area contributed by atoms with Crippen LogP contribution in [0.1, 0.15) is 32.1 Å². The molecular weight excluding hydrogens is 258 g/mol. The molecule has 0 bridgehead atoms. The van der Waals surface area contributed by atoms with Crippen molar-refractivity contribution in [2.75, 3.05) is 11.9 Å². The molecule has 3 rings (SSSR count). The number of nitrogens with zero attached hydrogens (tertiary/aromatic N) is 2. The molecule has 0 amide bonds. The van der Waals surface area contributed by atoms with Gasteiger partial charge in [-0.3, -0.25) is 10.1 Å². The molecule has 1 N–H and O–H groups in total. The molecule has 0 aliphatic heterocycles. The Labute approximate surface area is 116 Å². The SMILES string of the molecule is O=[N+]([O-])c1ccc2nc(NCC3CCCCC3)oc2c1. The number of rotatable bonds is 4. The van der Waals surface area contributed by atoms with Gasteiger partial charge in [0.15, 0.2) is 5.58 Å². The van der Waals surface area contributed by atoms with E-state index in [1.807, 2.05) is 0 Å². The maximum Gasteiger partial charge on any atom is 0.295 e. The van der Waals surface area contributed by atoms with Crippen LogP contribution in [0.25, 0.3) is 11.1 Å². The molecule has 1 heterocycles. The fraction of sp³-hybridized carbons (Fsp3) is 0.500. The molecule has 106 valence electrons. The number of fused-ring (bicyclic) bond motifs is 1. The van der Waals surface area contributed by atoms with Crippen molar-refractivity contribution in [2.24, 2.45) is 5.92 Å². The summed E-state index contributed by atoms with van der Waals surface area (Å²) in [5, 5.41) is 13.9. The van der Waals surface area contributed by atoms with Crippen LogP contribution in [0.5, 0.6) is 0 Å². The van der Waals surface area contributed by atoms with Gasteiger partial charge in [0.05, 0.1) is 11.0 Å². The summed E-state index contributed by atoms with van der Waals surface area (Å²) in [6.45, 7) is 0.856. The summed E-state index contributed by atoms with van der Waals surface area (Å²) < 4.78 is 5.52. The lowest BCUT2D eigenvalue weighted by atomic mass is 9.89. The molecule has 0 unspecified atom stereocenters. The first kappa shape index (κ1) is 12.9. The predicted octanol–water partition coefficient (Wildman–Crippen LogP) is 3.73. The molecule has 1 aromatic heterocycles. The van der Waals surface area contributed by atoms with Gasteiger partial charge in [0, 0.05) is 12.6 Å². The minimum absolute atomic E-state index is 0.0208. The van der Waals surface area contributed by atoms with Gasteiger partial charge < -0.3 is 9.73 Å². The Kier molecular flexibility index (Phi) is 3.54.